The number of nitriles is 1. The Hall–Kier alpha value is -1.21. The van der Waals surface area contributed by atoms with Crippen LogP contribution in [-0.4, -0.2) is 10.7 Å². The zero-order valence-electron chi connectivity index (χ0n) is 7.23. The Morgan fingerprint density at radius 1 is 1.54 bits per heavy atom. The highest BCUT2D eigenvalue weighted by molar-refractivity contribution is 7.99. The molecule has 2 N–H and O–H groups in total. The molecule has 3 nitrogen and oxygen atoms in total. The molecule has 0 amide bonds. The zero-order valence-corrected chi connectivity index (χ0v) is 8.05. The van der Waals surface area contributed by atoms with Gasteiger partial charge >= 0.3 is 0 Å². The second kappa shape index (κ2) is 5.44. The first-order valence-electron chi connectivity index (χ1n) is 4.04. The minimum absolute atomic E-state index is 0.613. The molecule has 0 unspecified atom stereocenters. The maximum atomic E-state index is 8.31. The standard InChI is InChI=1S/C9H11N3S/c10-5-1-2-6-13-9-4-3-8(11)7-12-9/h3-4,7H,1-2,6,11H2. The zero-order chi connectivity index (χ0) is 9.52. The van der Waals surface area contributed by atoms with Crippen molar-refractivity contribution in [1.82, 2.24) is 4.98 Å². The Balaban J connectivity index is 2.30. The van der Waals surface area contributed by atoms with Gasteiger partial charge in [0.25, 0.3) is 0 Å². The van der Waals surface area contributed by atoms with Crippen molar-refractivity contribution in [3.8, 4) is 6.07 Å². The third-order valence-electron chi connectivity index (χ3n) is 1.44. The van der Waals surface area contributed by atoms with Crippen LogP contribution in [0.3, 0.4) is 0 Å². The van der Waals surface area contributed by atoms with Crippen LogP contribution < -0.4 is 5.73 Å². The van der Waals surface area contributed by atoms with Crippen molar-refractivity contribution in [2.75, 3.05) is 11.5 Å². The van der Waals surface area contributed by atoms with Crippen molar-refractivity contribution in [3.05, 3.63) is 18.3 Å². The lowest BCUT2D eigenvalue weighted by Gasteiger charge is -1.98. The van der Waals surface area contributed by atoms with Gasteiger partial charge in [0, 0.05) is 12.2 Å². The van der Waals surface area contributed by atoms with Crippen LogP contribution in [0.5, 0.6) is 0 Å². The molecule has 1 aromatic heterocycles. The third kappa shape index (κ3) is 3.81. The lowest BCUT2D eigenvalue weighted by atomic mass is 10.4. The van der Waals surface area contributed by atoms with Crippen LogP contribution in [0.4, 0.5) is 5.69 Å². The van der Waals surface area contributed by atoms with Crippen LogP contribution in [0.25, 0.3) is 0 Å². The Morgan fingerprint density at radius 2 is 2.38 bits per heavy atom. The van der Waals surface area contributed by atoms with Crippen molar-refractivity contribution in [3.63, 3.8) is 0 Å². The van der Waals surface area contributed by atoms with Crippen LogP contribution in [0.15, 0.2) is 23.4 Å². The molecule has 0 spiro atoms. The Kier molecular flexibility index (Phi) is 4.13. The van der Waals surface area contributed by atoms with Gasteiger partial charge in [-0.3, -0.25) is 0 Å². The summed E-state index contributed by atoms with van der Waals surface area (Å²) < 4.78 is 0. The van der Waals surface area contributed by atoms with Gasteiger partial charge in [0.15, 0.2) is 0 Å². The SMILES string of the molecule is N#CCCCSc1ccc(N)cn1. The molecule has 0 fully saturated rings. The minimum atomic E-state index is 0.613. The summed E-state index contributed by atoms with van der Waals surface area (Å²) >= 11 is 1.65. The van der Waals surface area contributed by atoms with Crippen molar-refractivity contribution < 1.29 is 0 Å². The molecular weight excluding hydrogens is 182 g/mol. The van der Waals surface area contributed by atoms with E-state index in [9.17, 15) is 0 Å². The number of anilines is 1. The van der Waals surface area contributed by atoms with Gasteiger partial charge in [-0.2, -0.15) is 5.26 Å². The van der Waals surface area contributed by atoms with E-state index in [0.717, 1.165) is 17.2 Å². The van der Waals surface area contributed by atoms with Crippen LogP contribution in [0.2, 0.25) is 0 Å². The summed E-state index contributed by atoms with van der Waals surface area (Å²) in [6.45, 7) is 0. The van der Waals surface area contributed by atoms with Crippen molar-refractivity contribution in [2.24, 2.45) is 0 Å². The largest absolute Gasteiger partial charge is 0.397 e. The van der Waals surface area contributed by atoms with Gasteiger partial charge in [-0.05, 0) is 18.6 Å². The van der Waals surface area contributed by atoms with E-state index in [2.05, 4.69) is 11.1 Å². The minimum Gasteiger partial charge on any atom is -0.397 e. The average Bonchev–Trinajstić information content (AvgIpc) is 2.15. The predicted molar refractivity (Wildman–Crippen MR) is 54.2 cm³/mol. The van der Waals surface area contributed by atoms with Gasteiger partial charge in [0.1, 0.15) is 0 Å². The topological polar surface area (TPSA) is 62.7 Å². The highest BCUT2D eigenvalue weighted by Crippen LogP contribution is 2.16. The summed E-state index contributed by atoms with van der Waals surface area (Å²) in [4.78, 5) is 4.13. The summed E-state index contributed by atoms with van der Waals surface area (Å²) in [6.07, 6.45) is 3.17. The van der Waals surface area contributed by atoms with Gasteiger partial charge in [-0.1, -0.05) is 0 Å². The molecule has 0 atom stereocenters. The molecule has 68 valence electrons. The van der Waals surface area contributed by atoms with E-state index < -0.39 is 0 Å². The molecule has 0 aliphatic carbocycles. The fraction of sp³-hybridized carbons (Fsp3) is 0.333. The normalized spacial score (nSPS) is 9.46. The van der Waals surface area contributed by atoms with E-state index in [1.54, 1.807) is 18.0 Å². The molecule has 0 saturated carbocycles. The summed E-state index contributed by atoms with van der Waals surface area (Å²) in [6, 6.07) is 5.84. The number of aromatic nitrogens is 1. The predicted octanol–water partition coefficient (Wildman–Crippen LogP) is 2.06. The molecule has 13 heavy (non-hydrogen) atoms. The Bertz CT molecular complexity index is 289. The van der Waals surface area contributed by atoms with E-state index in [-0.39, 0.29) is 0 Å². The van der Waals surface area contributed by atoms with Crippen LogP contribution in [-0.2, 0) is 0 Å². The van der Waals surface area contributed by atoms with Crippen LogP contribution >= 0.6 is 11.8 Å². The highest BCUT2D eigenvalue weighted by atomic mass is 32.2. The molecule has 0 radical (unpaired) electrons. The molecule has 1 heterocycles. The van der Waals surface area contributed by atoms with E-state index in [1.807, 2.05) is 12.1 Å². The quantitative estimate of drug-likeness (QED) is 0.587. The lowest BCUT2D eigenvalue weighted by molar-refractivity contribution is 0.977. The number of nitrogens with zero attached hydrogens (tertiary/aromatic N) is 2. The third-order valence-corrected chi connectivity index (χ3v) is 2.47. The van der Waals surface area contributed by atoms with E-state index in [1.165, 1.54) is 0 Å². The monoisotopic (exact) mass is 193 g/mol. The average molecular weight is 193 g/mol. The number of pyridine rings is 1. The number of hydrogen-bond donors (Lipinski definition) is 1. The molecule has 0 aliphatic rings. The van der Waals surface area contributed by atoms with Crippen molar-refractivity contribution in [2.45, 2.75) is 17.9 Å². The number of hydrogen-bond acceptors (Lipinski definition) is 4. The smallest absolute Gasteiger partial charge is 0.0961 e. The van der Waals surface area contributed by atoms with Crippen LogP contribution in [0, 0.1) is 11.3 Å². The van der Waals surface area contributed by atoms with Gasteiger partial charge in [0.2, 0.25) is 0 Å². The fourth-order valence-electron chi connectivity index (χ4n) is 0.805. The van der Waals surface area contributed by atoms with Gasteiger partial charge in [-0.15, -0.1) is 11.8 Å². The van der Waals surface area contributed by atoms with Crippen molar-refractivity contribution in [1.29, 1.82) is 5.26 Å². The Labute approximate surface area is 82.0 Å². The molecule has 0 aromatic carbocycles. The first kappa shape index (κ1) is 9.87. The van der Waals surface area contributed by atoms with E-state index >= 15 is 0 Å². The summed E-state index contributed by atoms with van der Waals surface area (Å²) in [7, 11) is 0. The van der Waals surface area contributed by atoms with E-state index in [0.29, 0.717) is 12.1 Å². The van der Waals surface area contributed by atoms with Crippen LogP contribution in [0.1, 0.15) is 12.8 Å². The maximum absolute atomic E-state index is 8.31. The molecule has 0 bridgehead atoms. The summed E-state index contributed by atoms with van der Waals surface area (Å²) in [5.74, 6) is 0.935. The second-order valence-corrected chi connectivity index (χ2v) is 3.66. The number of rotatable bonds is 4. The maximum Gasteiger partial charge on any atom is 0.0961 e. The molecule has 0 saturated heterocycles. The summed E-state index contributed by atoms with van der Waals surface area (Å²) in [5, 5.41) is 9.27. The van der Waals surface area contributed by atoms with Gasteiger partial charge in [0.05, 0.1) is 23.0 Å². The molecule has 1 rings (SSSR count). The lowest BCUT2D eigenvalue weighted by Crippen LogP contribution is -1.87. The number of thioether (sulfide) groups is 1. The molecular formula is C9H11N3S. The Morgan fingerprint density at radius 3 is 3.00 bits per heavy atom. The first-order valence-corrected chi connectivity index (χ1v) is 5.03. The highest BCUT2D eigenvalue weighted by Gasteiger charge is 1.94. The van der Waals surface area contributed by atoms with Crippen molar-refractivity contribution >= 4 is 17.4 Å². The second-order valence-electron chi connectivity index (χ2n) is 2.54. The van der Waals surface area contributed by atoms with Gasteiger partial charge < -0.3 is 5.73 Å². The number of nitrogens with two attached hydrogens (primary N) is 1. The molecule has 0 aliphatic heterocycles. The molecule has 4 heteroatoms. The summed E-state index contributed by atoms with van der Waals surface area (Å²) in [5.41, 5.74) is 6.17. The first-order chi connectivity index (χ1) is 6.33. The fourth-order valence-corrected chi connectivity index (χ4v) is 1.59. The number of unbranched alkanes of at least 4 members (excludes halogenated alkanes) is 1. The molecule has 1 aromatic rings. The van der Waals surface area contributed by atoms with E-state index in [4.69, 9.17) is 11.0 Å². The van der Waals surface area contributed by atoms with Gasteiger partial charge in [-0.25, -0.2) is 4.98 Å². The number of nitrogen functional groups attached to an aromatic ring is 1.